The summed E-state index contributed by atoms with van der Waals surface area (Å²) < 4.78 is 3.78. The van der Waals surface area contributed by atoms with Crippen LogP contribution in [-0.2, 0) is 12.5 Å². The predicted octanol–water partition coefficient (Wildman–Crippen LogP) is 4.47. The molecule has 0 unspecified atom stereocenters. The van der Waals surface area contributed by atoms with Crippen LogP contribution >= 0.6 is 0 Å². The number of pyridine rings is 1. The van der Waals surface area contributed by atoms with Crippen molar-refractivity contribution in [3.63, 3.8) is 0 Å². The lowest BCUT2D eigenvalue weighted by molar-refractivity contribution is 0.150. The summed E-state index contributed by atoms with van der Waals surface area (Å²) in [5.41, 5.74) is 6.10. The number of rotatable bonds is 3. The molecule has 1 aliphatic heterocycles. The first-order valence-electron chi connectivity index (χ1n) is 11.9. The van der Waals surface area contributed by atoms with E-state index in [-0.39, 0.29) is 0 Å². The van der Waals surface area contributed by atoms with E-state index in [4.69, 9.17) is 0 Å². The Balaban J connectivity index is 1.75. The molecule has 0 saturated carbocycles. The van der Waals surface area contributed by atoms with Gasteiger partial charge in [0.2, 0.25) is 11.8 Å². The van der Waals surface area contributed by atoms with Gasteiger partial charge in [0.1, 0.15) is 0 Å². The number of fused-ring (bicyclic) bond motifs is 3. The molecule has 184 valence electrons. The van der Waals surface area contributed by atoms with Crippen molar-refractivity contribution in [3.8, 4) is 17.9 Å². The van der Waals surface area contributed by atoms with Gasteiger partial charge in [-0.1, -0.05) is 24.3 Å². The minimum atomic E-state index is -0.914. The minimum Gasteiger partial charge on any atom is -0.465 e. The molecule has 1 N–H and O–H groups in total. The van der Waals surface area contributed by atoms with E-state index in [0.717, 1.165) is 44.3 Å². The van der Waals surface area contributed by atoms with Crippen LogP contribution in [0.5, 0.6) is 0 Å². The predicted molar refractivity (Wildman–Crippen MR) is 140 cm³/mol. The molecule has 1 amide bonds. The number of amides is 1. The van der Waals surface area contributed by atoms with Gasteiger partial charge >= 0.3 is 6.09 Å². The summed E-state index contributed by atoms with van der Waals surface area (Å²) in [6.45, 7) is 4.55. The zero-order valence-corrected chi connectivity index (χ0v) is 20.8. The van der Waals surface area contributed by atoms with E-state index in [0.29, 0.717) is 25.1 Å². The molecule has 0 spiro atoms. The first kappa shape index (κ1) is 23.8. The van der Waals surface area contributed by atoms with Crippen LogP contribution in [0.25, 0.3) is 33.2 Å². The van der Waals surface area contributed by atoms with Gasteiger partial charge in [0.25, 0.3) is 0 Å². The maximum atomic E-state index is 11.3. The monoisotopic (exact) mass is 491 g/mol. The van der Waals surface area contributed by atoms with E-state index < -0.39 is 11.5 Å². The second-order valence-corrected chi connectivity index (χ2v) is 9.62. The van der Waals surface area contributed by atoms with Crippen LogP contribution in [0.3, 0.4) is 0 Å². The van der Waals surface area contributed by atoms with Crippen LogP contribution in [0.1, 0.15) is 31.4 Å². The van der Waals surface area contributed by atoms with Crippen LogP contribution in [0, 0.1) is 22.8 Å². The third-order valence-electron chi connectivity index (χ3n) is 7.03. The fourth-order valence-corrected chi connectivity index (χ4v) is 4.82. The zero-order chi connectivity index (χ0) is 26.3. The van der Waals surface area contributed by atoms with Crippen molar-refractivity contribution in [2.45, 2.75) is 25.7 Å². The highest BCUT2D eigenvalue weighted by Crippen LogP contribution is 2.31. The van der Waals surface area contributed by atoms with Gasteiger partial charge < -0.3 is 14.6 Å². The quantitative estimate of drug-likeness (QED) is 0.424. The lowest BCUT2D eigenvalue weighted by atomic mass is 9.86. The van der Waals surface area contributed by atoms with E-state index >= 15 is 0 Å². The lowest BCUT2D eigenvalue weighted by Crippen LogP contribution is -2.33. The molecule has 9 heteroatoms. The second-order valence-electron chi connectivity index (χ2n) is 9.62. The Morgan fingerprint density at radius 3 is 2.54 bits per heavy atom. The van der Waals surface area contributed by atoms with Crippen LogP contribution in [0.15, 0.2) is 59.7 Å². The van der Waals surface area contributed by atoms with Crippen molar-refractivity contribution >= 4 is 33.6 Å². The number of nitriles is 2. The van der Waals surface area contributed by atoms with E-state index in [1.165, 1.54) is 4.90 Å². The maximum absolute atomic E-state index is 11.3. The van der Waals surface area contributed by atoms with Gasteiger partial charge in [-0.15, -0.1) is 4.99 Å². The van der Waals surface area contributed by atoms with Crippen molar-refractivity contribution < 1.29 is 9.90 Å². The van der Waals surface area contributed by atoms with Crippen LogP contribution < -0.4 is 5.62 Å². The summed E-state index contributed by atoms with van der Waals surface area (Å²) >= 11 is 0. The SMILES string of the molecule is Cn1/c(=N/C#N)n(-c2ccc(C(C)(C)C#N)cc2)c2c3cc(C4=CCN(C(=O)O)CC4)ccc3ncc21. The van der Waals surface area contributed by atoms with Crippen molar-refractivity contribution in [3.05, 3.63) is 71.5 Å². The molecule has 5 rings (SSSR count). The topological polar surface area (TPSA) is 123 Å². The Kier molecular flexibility index (Phi) is 5.77. The largest absolute Gasteiger partial charge is 0.465 e. The highest BCUT2D eigenvalue weighted by molar-refractivity contribution is 6.04. The van der Waals surface area contributed by atoms with Gasteiger partial charge in [-0.3, -0.25) is 9.55 Å². The number of nitrogens with zero attached hydrogens (tertiary/aromatic N) is 7. The van der Waals surface area contributed by atoms with Crippen molar-refractivity contribution in [2.75, 3.05) is 13.1 Å². The van der Waals surface area contributed by atoms with Gasteiger partial charge in [0.15, 0.2) is 0 Å². The minimum absolute atomic E-state index is 0.354. The maximum Gasteiger partial charge on any atom is 0.407 e. The number of aromatic nitrogens is 3. The third kappa shape index (κ3) is 4.01. The summed E-state index contributed by atoms with van der Waals surface area (Å²) in [6.07, 6.45) is 5.37. The molecule has 0 saturated heterocycles. The smallest absolute Gasteiger partial charge is 0.407 e. The Bertz CT molecular complexity index is 1740. The number of hydrogen-bond donors (Lipinski definition) is 1. The molecule has 0 fully saturated rings. The van der Waals surface area contributed by atoms with Crippen molar-refractivity contribution in [1.29, 1.82) is 10.5 Å². The van der Waals surface area contributed by atoms with E-state index in [9.17, 15) is 20.4 Å². The van der Waals surface area contributed by atoms with Crippen LogP contribution in [0.2, 0.25) is 0 Å². The van der Waals surface area contributed by atoms with Crippen LogP contribution in [0.4, 0.5) is 4.79 Å². The molecule has 0 atom stereocenters. The fourth-order valence-electron chi connectivity index (χ4n) is 4.82. The van der Waals surface area contributed by atoms with Gasteiger partial charge in [-0.05, 0) is 61.2 Å². The molecule has 0 radical (unpaired) electrons. The average Bonchev–Trinajstić information content (AvgIpc) is 3.20. The normalized spacial score (nSPS) is 14.5. The van der Waals surface area contributed by atoms with Crippen molar-refractivity contribution in [1.82, 2.24) is 19.0 Å². The molecule has 1 aliphatic rings. The Morgan fingerprint density at radius 2 is 1.92 bits per heavy atom. The average molecular weight is 492 g/mol. The van der Waals surface area contributed by atoms with E-state index in [1.54, 1.807) is 6.20 Å². The second kappa shape index (κ2) is 8.96. The molecule has 3 heterocycles. The number of carboxylic acid groups (broad SMARTS) is 1. The highest BCUT2D eigenvalue weighted by Gasteiger charge is 2.21. The number of aryl methyl sites for hydroxylation is 1. The van der Waals surface area contributed by atoms with Crippen LogP contribution in [-0.4, -0.2) is 43.3 Å². The Morgan fingerprint density at radius 1 is 1.16 bits per heavy atom. The Labute approximate surface area is 213 Å². The summed E-state index contributed by atoms with van der Waals surface area (Å²) in [7, 11) is 1.85. The number of imidazole rings is 1. The van der Waals surface area contributed by atoms with Gasteiger partial charge in [-0.25, -0.2) is 4.79 Å². The number of hydrogen-bond acceptors (Lipinski definition) is 5. The molecule has 37 heavy (non-hydrogen) atoms. The highest BCUT2D eigenvalue weighted by atomic mass is 16.4. The number of benzene rings is 2. The molecular formula is C28H25N7O2. The molecular weight excluding hydrogens is 466 g/mol. The number of carbonyl (C=O) groups is 1. The first-order chi connectivity index (χ1) is 17.7. The van der Waals surface area contributed by atoms with Gasteiger partial charge in [0, 0.05) is 31.2 Å². The van der Waals surface area contributed by atoms with Crippen molar-refractivity contribution in [2.24, 2.45) is 12.0 Å². The first-order valence-corrected chi connectivity index (χ1v) is 11.9. The molecule has 2 aromatic carbocycles. The van der Waals surface area contributed by atoms with Gasteiger partial charge in [-0.2, -0.15) is 10.5 Å². The molecule has 0 bridgehead atoms. The Hall–Kier alpha value is -4.89. The molecule has 2 aromatic heterocycles. The third-order valence-corrected chi connectivity index (χ3v) is 7.03. The standard InChI is InChI=1S/C28H25N7O2/c1-28(2,16-29)20-5-7-21(8-6-20)35-25-22-14-19(18-10-12-34(13-11-18)27(36)37)4-9-23(22)31-15-24(25)33(3)26(35)32-17-30/h4-10,14-15H,11-13H2,1-3H3,(H,36,37)/b32-26-. The van der Waals surface area contributed by atoms with E-state index in [2.05, 4.69) is 22.1 Å². The summed E-state index contributed by atoms with van der Waals surface area (Å²) in [5, 5.41) is 29.2. The zero-order valence-electron chi connectivity index (χ0n) is 20.8. The van der Waals surface area contributed by atoms with E-state index in [1.807, 2.05) is 78.7 Å². The molecule has 4 aromatic rings. The molecule has 9 nitrogen and oxygen atoms in total. The molecule has 0 aliphatic carbocycles. The summed E-state index contributed by atoms with van der Waals surface area (Å²) in [5.74, 6) is 0. The fraction of sp³-hybridized carbons (Fsp3) is 0.250. The lowest BCUT2D eigenvalue weighted by Gasteiger charge is -2.24. The van der Waals surface area contributed by atoms with Gasteiger partial charge in [0.05, 0.1) is 34.2 Å². The summed E-state index contributed by atoms with van der Waals surface area (Å²) in [4.78, 5) is 21.5. The summed E-state index contributed by atoms with van der Waals surface area (Å²) in [6, 6.07) is 16.1.